The van der Waals surface area contributed by atoms with Crippen LogP contribution in [0, 0.1) is 6.92 Å². The zero-order valence-corrected chi connectivity index (χ0v) is 14.7. The Morgan fingerprint density at radius 1 is 1.24 bits per heavy atom. The van der Waals surface area contributed by atoms with Crippen LogP contribution in [-0.2, 0) is 19.9 Å². The van der Waals surface area contributed by atoms with E-state index in [0.717, 1.165) is 6.26 Å². The Kier molecular flexibility index (Phi) is 4.99. The first-order valence-corrected chi connectivity index (χ1v) is 9.78. The number of nitrogens with two attached hydrogens (primary N) is 1. The van der Waals surface area contributed by atoms with Gasteiger partial charge in [0.1, 0.15) is 0 Å². The highest BCUT2D eigenvalue weighted by molar-refractivity contribution is 7.92. The summed E-state index contributed by atoms with van der Waals surface area (Å²) in [5.41, 5.74) is 6.19. The molecule has 0 fully saturated rings. The van der Waals surface area contributed by atoms with Crippen LogP contribution in [0.25, 0.3) is 0 Å². The smallest absolute Gasteiger partial charge is 0.240 e. The molecule has 0 saturated carbocycles. The summed E-state index contributed by atoms with van der Waals surface area (Å²) >= 11 is 5.83. The first kappa shape index (κ1) is 18.2. The third-order valence-corrected chi connectivity index (χ3v) is 7.30. The van der Waals surface area contributed by atoms with Gasteiger partial charge in [-0.15, -0.1) is 0 Å². The van der Waals surface area contributed by atoms with Gasteiger partial charge < -0.3 is 5.73 Å². The molecule has 0 saturated heterocycles. The zero-order valence-electron chi connectivity index (χ0n) is 12.3. The molecule has 0 aromatic heterocycles. The average Bonchev–Trinajstić information content (AvgIpc) is 2.30. The third-order valence-electron chi connectivity index (χ3n) is 3.28. The van der Waals surface area contributed by atoms with Crippen molar-refractivity contribution in [3.05, 3.63) is 22.7 Å². The molecule has 1 aromatic rings. The van der Waals surface area contributed by atoms with E-state index < -0.39 is 24.6 Å². The van der Waals surface area contributed by atoms with Crippen LogP contribution in [0.2, 0.25) is 5.02 Å². The van der Waals surface area contributed by atoms with Crippen molar-refractivity contribution in [2.75, 3.05) is 18.5 Å². The topological polar surface area (TPSA) is 106 Å². The number of hydrogen-bond donors (Lipinski definition) is 2. The molecule has 0 atom stereocenters. The molecule has 0 radical (unpaired) electrons. The van der Waals surface area contributed by atoms with Crippen molar-refractivity contribution in [1.82, 2.24) is 4.72 Å². The van der Waals surface area contributed by atoms with Crippen LogP contribution in [0.5, 0.6) is 0 Å². The van der Waals surface area contributed by atoms with Gasteiger partial charge in [0.2, 0.25) is 10.0 Å². The molecule has 0 amide bonds. The second-order valence-electron chi connectivity index (χ2n) is 5.50. The van der Waals surface area contributed by atoms with Crippen molar-refractivity contribution in [1.29, 1.82) is 0 Å². The molecular weight excluding hydrogens is 336 g/mol. The Labute approximate surface area is 130 Å². The van der Waals surface area contributed by atoms with Crippen LogP contribution < -0.4 is 10.5 Å². The van der Waals surface area contributed by atoms with E-state index in [4.69, 9.17) is 17.3 Å². The summed E-state index contributed by atoms with van der Waals surface area (Å²) in [5.74, 6) is 0. The van der Waals surface area contributed by atoms with Crippen molar-refractivity contribution in [3.63, 3.8) is 0 Å². The van der Waals surface area contributed by atoms with Crippen LogP contribution in [0.4, 0.5) is 5.69 Å². The van der Waals surface area contributed by atoms with E-state index in [-0.39, 0.29) is 22.2 Å². The molecule has 9 heteroatoms. The van der Waals surface area contributed by atoms with Crippen molar-refractivity contribution in [2.24, 2.45) is 0 Å². The van der Waals surface area contributed by atoms with Gasteiger partial charge in [0.05, 0.1) is 20.4 Å². The number of nitrogens with one attached hydrogen (secondary N) is 1. The van der Waals surface area contributed by atoms with Crippen LogP contribution in [-0.4, -0.2) is 34.4 Å². The van der Waals surface area contributed by atoms with Crippen molar-refractivity contribution in [3.8, 4) is 0 Å². The minimum absolute atomic E-state index is 0.0197. The molecule has 6 nitrogen and oxygen atoms in total. The van der Waals surface area contributed by atoms with Gasteiger partial charge in [0.15, 0.2) is 9.84 Å². The highest BCUT2D eigenvalue weighted by atomic mass is 35.5. The number of hydrogen-bond acceptors (Lipinski definition) is 5. The summed E-state index contributed by atoms with van der Waals surface area (Å²) in [6.45, 7) is 4.25. The number of sulfonamides is 1. The van der Waals surface area contributed by atoms with Crippen molar-refractivity contribution >= 4 is 37.1 Å². The molecule has 0 heterocycles. The Balaban J connectivity index is 3.12. The minimum Gasteiger partial charge on any atom is -0.397 e. The molecule has 0 spiro atoms. The van der Waals surface area contributed by atoms with Gasteiger partial charge in [-0.2, -0.15) is 0 Å². The molecule has 0 aliphatic rings. The lowest BCUT2D eigenvalue weighted by molar-refractivity contribution is 0.537. The van der Waals surface area contributed by atoms with Crippen LogP contribution in [0.1, 0.15) is 19.4 Å². The number of aryl methyl sites for hydroxylation is 1. The maximum atomic E-state index is 12.3. The quantitative estimate of drug-likeness (QED) is 0.776. The largest absolute Gasteiger partial charge is 0.397 e. The molecule has 3 N–H and O–H groups in total. The van der Waals surface area contributed by atoms with Gasteiger partial charge in [0, 0.05) is 12.8 Å². The maximum Gasteiger partial charge on any atom is 0.240 e. The predicted octanol–water partition coefficient (Wildman–Crippen LogP) is 1.33. The Morgan fingerprint density at radius 3 is 2.24 bits per heavy atom. The fraction of sp³-hybridized carbons (Fsp3) is 0.500. The fourth-order valence-electron chi connectivity index (χ4n) is 1.44. The van der Waals surface area contributed by atoms with E-state index >= 15 is 0 Å². The number of halogens is 1. The lowest BCUT2D eigenvalue weighted by atomic mass is 10.2. The average molecular weight is 355 g/mol. The summed E-state index contributed by atoms with van der Waals surface area (Å²) in [6, 6.07) is 2.71. The first-order chi connectivity index (χ1) is 9.28. The second kappa shape index (κ2) is 5.75. The normalized spacial score (nSPS) is 13.4. The summed E-state index contributed by atoms with van der Waals surface area (Å²) in [5, 5.41) is 0.267. The number of benzene rings is 1. The fourth-order valence-corrected chi connectivity index (χ4v) is 3.55. The highest BCUT2D eigenvalue weighted by Gasteiger charge is 2.32. The standard InChI is InChI=1S/C12H19ClN2O4S2/c1-8-5-9(13)10(14)6-11(8)21(18,19)15-7-12(2,3)20(4,16)17/h5-6,15H,7,14H2,1-4H3. The van der Waals surface area contributed by atoms with E-state index in [1.165, 1.54) is 26.0 Å². The minimum atomic E-state index is -3.88. The molecule has 1 rings (SSSR count). The summed E-state index contributed by atoms with van der Waals surface area (Å²) in [4.78, 5) is -0.0197. The van der Waals surface area contributed by atoms with E-state index in [9.17, 15) is 16.8 Å². The summed E-state index contributed by atoms with van der Waals surface area (Å²) in [7, 11) is -7.28. The maximum absolute atomic E-state index is 12.3. The molecule has 0 aliphatic heterocycles. The molecular formula is C12H19ClN2O4S2. The first-order valence-electron chi connectivity index (χ1n) is 6.03. The van der Waals surface area contributed by atoms with Crippen LogP contribution in [0.3, 0.4) is 0 Å². The monoisotopic (exact) mass is 354 g/mol. The Hall–Kier alpha value is -0.830. The summed E-state index contributed by atoms with van der Waals surface area (Å²) < 4.78 is 48.9. The van der Waals surface area contributed by atoms with Gasteiger partial charge >= 0.3 is 0 Å². The molecule has 0 aliphatic carbocycles. The number of sulfone groups is 1. The third kappa shape index (κ3) is 4.09. The van der Waals surface area contributed by atoms with E-state index in [2.05, 4.69) is 4.72 Å². The second-order valence-corrected chi connectivity index (χ2v) is 10.3. The molecule has 0 unspecified atom stereocenters. The van der Waals surface area contributed by atoms with E-state index in [0.29, 0.717) is 5.56 Å². The van der Waals surface area contributed by atoms with Gasteiger partial charge in [-0.25, -0.2) is 21.6 Å². The lowest BCUT2D eigenvalue weighted by Crippen LogP contribution is -2.43. The zero-order chi connectivity index (χ0) is 16.6. The van der Waals surface area contributed by atoms with Gasteiger partial charge in [0.25, 0.3) is 0 Å². The number of rotatable bonds is 5. The Morgan fingerprint density at radius 2 is 1.76 bits per heavy atom. The molecule has 120 valence electrons. The van der Waals surface area contributed by atoms with E-state index in [1.807, 2.05) is 0 Å². The summed E-state index contributed by atoms with van der Waals surface area (Å²) in [6.07, 6.45) is 1.06. The van der Waals surface area contributed by atoms with Crippen molar-refractivity contribution < 1.29 is 16.8 Å². The molecule has 0 bridgehead atoms. The molecule has 1 aromatic carbocycles. The highest BCUT2D eigenvalue weighted by Crippen LogP contribution is 2.26. The van der Waals surface area contributed by atoms with Crippen molar-refractivity contribution in [2.45, 2.75) is 30.4 Å². The lowest BCUT2D eigenvalue weighted by Gasteiger charge is -2.23. The predicted molar refractivity (Wildman–Crippen MR) is 84.7 cm³/mol. The Bertz CT molecular complexity index is 756. The van der Waals surface area contributed by atoms with Gasteiger partial charge in [-0.3, -0.25) is 0 Å². The number of anilines is 1. The van der Waals surface area contributed by atoms with Gasteiger partial charge in [-0.1, -0.05) is 11.6 Å². The van der Waals surface area contributed by atoms with E-state index in [1.54, 1.807) is 6.92 Å². The van der Waals surface area contributed by atoms with Gasteiger partial charge in [-0.05, 0) is 38.5 Å². The number of nitrogen functional groups attached to an aromatic ring is 1. The SMILES string of the molecule is Cc1cc(Cl)c(N)cc1S(=O)(=O)NCC(C)(C)S(C)(=O)=O. The van der Waals surface area contributed by atoms with Crippen LogP contribution in [0.15, 0.2) is 17.0 Å². The van der Waals surface area contributed by atoms with Crippen LogP contribution >= 0.6 is 11.6 Å². The molecule has 21 heavy (non-hydrogen) atoms.